The van der Waals surface area contributed by atoms with Crippen molar-refractivity contribution in [1.29, 1.82) is 0 Å². The van der Waals surface area contributed by atoms with Crippen LogP contribution in [0, 0.1) is 0 Å². The van der Waals surface area contributed by atoms with E-state index in [0.29, 0.717) is 6.01 Å². The quantitative estimate of drug-likeness (QED) is 0.506. The number of benzene rings is 2. The van der Waals surface area contributed by atoms with E-state index in [2.05, 4.69) is 33.8 Å². The Hall–Kier alpha value is -2.73. The lowest BCUT2D eigenvalue weighted by Gasteiger charge is -2.08. The van der Waals surface area contributed by atoms with Crippen LogP contribution < -0.4 is 10.1 Å². The molecule has 1 aromatic heterocycles. The molecule has 142 valence electrons. The van der Waals surface area contributed by atoms with Crippen LogP contribution in [0.1, 0.15) is 44.6 Å². The molecular weight excluding hydrogens is 338 g/mol. The Kier molecular flexibility index (Phi) is 7.35. The number of tetrazole rings is 1. The van der Waals surface area contributed by atoms with E-state index < -0.39 is 0 Å². The van der Waals surface area contributed by atoms with Gasteiger partial charge in [-0.3, -0.25) is 0 Å². The topological polar surface area (TPSA) is 64.9 Å². The van der Waals surface area contributed by atoms with Crippen LogP contribution in [0.2, 0.25) is 0 Å². The molecule has 2 aromatic carbocycles. The zero-order chi connectivity index (χ0) is 18.7. The van der Waals surface area contributed by atoms with E-state index in [0.717, 1.165) is 24.5 Å². The molecule has 0 aliphatic rings. The van der Waals surface area contributed by atoms with Crippen LogP contribution in [-0.2, 0) is 6.54 Å². The zero-order valence-corrected chi connectivity index (χ0v) is 15.8. The molecule has 1 N–H and O–H groups in total. The van der Waals surface area contributed by atoms with Crippen molar-refractivity contribution >= 4 is 0 Å². The lowest BCUT2D eigenvalue weighted by molar-refractivity contribution is 0.426. The number of nitrogens with one attached hydrogen (secondary N) is 1. The number of unbranched alkanes of at least 4 members (excludes halogenated alkanes) is 4. The summed E-state index contributed by atoms with van der Waals surface area (Å²) in [6, 6.07) is 18.1. The highest BCUT2D eigenvalue weighted by molar-refractivity contribution is 5.34. The van der Waals surface area contributed by atoms with Crippen LogP contribution in [0.25, 0.3) is 5.69 Å². The first-order valence-electron chi connectivity index (χ1n) is 9.68. The van der Waals surface area contributed by atoms with Crippen LogP contribution in [0.3, 0.4) is 0 Å². The van der Waals surface area contributed by atoms with E-state index in [1.807, 2.05) is 48.5 Å². The van der Waals surface area contributed by atoms with Gasteiger partial charge in [-0.2, -0.15) is 4.68 Å². The summed E-state index contributed by atoms with van der Waals surface area (Å²) < 4.78 is 7.50. The lowest BCUT2D eigenvalue weighted by atomic mass is 10.1. The fourth-order valence-corrected chi connectivity index (χ4v) is 2.88. The van der Waals surface area contributed by atoms with Crippen molar-refractivity contribution in [3.63, 3.8) is 0 Å². The first-order chi connectivity index (χ1) is 13.4. The summed E-state index contributed by atoms with van der Waals surface area (Å²) in [6.45, 7) is 4.11. The Morgan fingerprint density at radius 1 is 0.963 bits per heavy atom. The summed E-state index contributed by atoms with van der Waals surface area (Å²) in [5.74, 6) is 0.726. The molecule has 1 heterocycles. The van der Waals surface area contributed by atoms with Crippen molar-refractivity contribution in [1.82, 2.24) is 25.5 Å². The van der Waals surface area contributed by atoms with Gasteiger partial charge in [-0.1, -0.05) is 68.0 Å². The van der Waals surface area contributed by atoms with Gasteiger partial charge in [0.2, 0.25) is 0 Å². The number of aromatic nitrogens is 4. The minimum absolute atomic E-state index is 0.349. The fourth-order valence-electron chi connectivity index (χ4n) is 2.88. The van der Waals surface area contributed by atoms with E-state index >= 15 is 0 Å². The van der Waals surface area contributed by atoms with E-state index in [-0.39, 0.29) is 0 Å². The highest BCUT2D eigenvalue weighted by Crippen LogP contribution is 2.22. The van der Waals surface area contributed by atoms with E-state index in [9.17, 15) is 0 Å². The van der Waals surface area contributed by atoms with Gasteiger partial charge in [-0.25, -0.2) is 0 Å². The third kappa shape index (κ3) is 5.89. The highest BCUT2D eigenvalue weighted by atomic mass is 16.5. The Morgan fingerprint density at radius 3 is 2.67 bits per heavy atom. The molecule has 0 atom stereocenters. The number of para-hydroxylation sites is 1. The second kappa shape index (κ2) is 10.4. The molecule has 0 saturated heterocycles. The number of rotatable bonds is 11. The Balaban J connectivity index is 1.54. The average Bonchev–Trinajstić information content (AvgIpc) is 3.16. The number of ether oxygens (including phenoxy) is 1. The van der Waals surface area contributed by atoms with Crippen molar-refractivity contribution in [2.24, 2.45) is 0 Å². The first kappa shape index (κ1) is 19.0. The van der Waals surface area contributed by atoms with Gasteiger partial charge in [-0.15, -0.1) is 0 Å². The molecule has 0 aliphatic heterocycles. The van der Waals surface area contributed by atoms with Crippen molar-refractivity contribution in [3.8, 4) is 17.4 Å². The molecule has 0 bridgehead atoms. The third-order valence-corrected chi connectivity index (χ3v) is 4.34. The second-order valence-electron chi connectivity index (χ2n) is 6.55. The largest absolute Gasteiger partial charge is 0.423 e. The number of nitrogens with zero attached hydrogens (tertiary/aromatic N) is 4. The van der Waals surface area contributed by atoms with Crippen LogP contribution in [0.4, 0.5) is 0 Å². The number of hydrogen-bond donors (Lipinski definition) is 1. The molecule has 6 nitrogen and oxygen atoms in total. The summed E-state index contributed by atoms with van der Waals surface area (Å²) in [6.07, 6.45) is 6.47. The molecule has 0 radical (unpaired) electrons. The van der Waals surface area contributed by atoms with Crippen molar-refractivity contribution in [2.45, 2.75) is 45.6 Å². The zero-order valence-electron chi connectivity index (χ0n) is 15.8. The monoisotopic (exact) mass is 365 g/mol. The summed E-state index contributed by atoms with van der Waals surface area (Å²) >= 11 is 0. The molecule has 27 heavy (non-hydrogen) atoms. The summed E-state index contributed by atoms with van der Waals surface area (Å²) in [5, 5.41) is 15.2. The molecular formula is C21H27N5O. The van der Waals surface area contributed by atoms with Gasteiger partial charge >= 0.3 is 6.01 Å². The Bertz CT molecular complexity index is 803. The van der Waals surface area contributed by atoms with Gasteiger partial charge in [0.05, 0.1) is 5.69 Å². The van der Waals surface area contributed by atoms with Crippen molar-refractivity contribution in [3.05, 3.63) is 60.2 Å². The minimum atomic E-state index is 0.349. The minimum Gasteiger partial charge on any atom is -0.423 e. The lowest BCUT2D eigenvalue weighted by Crippen LogP contribution is -2.14. The molecule has 0 fully saturated rings. The Morgan fingerprint density at radius 2 is 1.81 bits per heavy atom. The summed E-state index contributed by atoms with van der Waals surface area (Å²) in [7, 11) is 0. The molecule has 3 rings (SSSR count). The predicted octanol–water partition coefficient (Wildman–Crippen LogP) is 4.51. The van der Waals surface area contributed by atoms with Crippen LogP contribution in [0.15, 0.2) is 54.6 Å². The van der Waals surface area contributed by atoms with E-state index in [1.165, 1.54) is 37.7 Å². The van der Waals surface area contributed by atoms with Gasteiger partial charge in [0.1, 0.15) is 5.75 Å². The van der Waals surface area contributed by atoms with Crippen LogP contribution >= 0.6 is 0 Å². The normalized spacial score (nSPS) is 10.9. The molecule has 6 heteroatoms. The maximum absolute atomic E-state index is 5.92. The summed E-state index contributed by atoms with van der Waals surface area (Å²) in [4.78, 5) is 0. The number of hydrogen-bond acceptors (Lipinski definition) is 5. The maximum Gasteiger partial charge on any atom is 0.345 e. The SMILES string of the molecule is CCCCCCCNCc1cccc(Oc2nnnn2-c2ccccc2)c1. The van der Waals surface area contributed by atoms with Gasteiger partial charge < -0.3 is 10.1 Å². The molecule has 0 unspecified atom stereocenters. The molecule has 0 aliphatic carbocycles. The second-order valence-corrected chi connectivity index (χ2v) is 6.55. The maximum atomic E-state index is 5.92. The van der Waals surface area contributed by atoms with Gasteiger partial charge in [0, 0.05) is 6.54 Å². The van der Waals surface area contributed by atoms with Crippen molar-refractivity contribution < 1.29 is 4.74 Å². The van der Waals surface area contributed by atoms with Gasteiger partial charge in [0.25, 0.3) is 0 Å². The standard InChI is InChI=1S/C21H27N5O/c1-2-3-4-5-9-15-22-17-18-11-10-14-20(16-18)27-21-23-24-25-26(21)19-12-7-6-8-13-19/h6-8,10-14,16,22H,2-5,9,15,17H2,1H3. The van der Waals surface area contributed by atoms with E-state index in [4.69, 9.17) is 4.74 Å². The van der Waals surface area contributed by atoms with Crippen LogP contribution in [0.5, 0.6) is 11.8 Å². The molecule has 0 spiro atoms. The Labute approximate surface area is 160 Å². The molecule has 3 aromatic rings. The van der Waals surface area contributed by atoms with Gasteiger partial charge in [-0.05, 0) is 53.2 Å². The van der Waals surface area contributed by atoms with E-state index in [1.54, 1.807) is 4.68 Å². The molecule has 0 amide bonds. The molecule has 0 saturated carbocycles. The highest BCUT2D eigenvalue weighted by Gasteiger charge is 2.10. The average molecular weight is 365 g/mol. The predicted molar refractivity (Wildman–Crippen MR) is 106 cm³/mol. The first-order valence-corrected chi connectivity index (χ1v) is 9.68. The van der Waals surface area contributed by atoms with Gasteiger partial charge in [0.15, 0.2) is 0 Å². The fraction of sp³-hybridized carbons (Fsp3) is 0.381. The third-order valence-electron chi connectivity index (χ3n) is 4.34. The van der Waals surface area contributed by atoms with Crippen LogP contribution in [-0.4, -0.2) is 26.8 Å². The summed E-state index contributed by atoms with van der Waals surface area (Å²) in [5.41, 5.74) is 2.04. The smallest absolute Gasteiger partial charge is 0.345 e. The van der Waals surface area contributed by atoms with Crippen molar-refractivity contribution in [2.75, 3.05) is 6.54 Å².